The Morgan fingerprint density at radius 2 is 1.63 bits per heavy atom. The number of aryl methyl sites for hydroxylation is 1. The molecule has 0 saturated carbocycles. The Bertz CT molecular complexity index is 1220. The van der Waals surface area contributed by atoms with Crippen molar-refractivity contribution in [2.45, 2.75) is 23.1 Å². The van der Waals surface area contributed by atoms with E-state index in [0.29, 0.717) is 18.0 Å². The fourth-order valence-corrected chi connectivity index (χ4v) is 5.61. The summed E-state index contributed by atoms with van der Waals surface area (Å²) in [7, 11) is -1.13. The van der Waals surface area contributed by atoms with Gasteiger partial charge in [-0.25, -0.2) is 8.42 Å². The number of para-hydroxylation sites is 1. The quantitative estimate of drug-likeness (QED) is 0.283. The van der Waals surface area contributed by atoms with Gasteiger partial charge in [0.2, 0.25) is 5.91 Å². The molecular weight excluding hydrogens is 484 g/mol. The zero-order valence-electron chi connectivity index (χ0n) is 20.1. The van der Waals surface area contributed by atoms with Crippen molar-refractivity contribution in [3.8, 4) is 11.5 Å². The van der Waals surface area contributed by atoms with Crippen LogP contribution in [0.4, 0.5) is 5.69 Å². The van der Waals surface area contributed by atoms with E-state index in [1.807, 2.05) is 6.92 Å². The Balaban J connectivity index is 1.67. The van der Waals surface area contributed by atoms with Crippen LogP contribution in [0.3, 0.4) is 0 Å². The Hall–Kier alpha value is -3.17. The van der Waals surface area contributed by atoms with Crippen molar-refractivity contribution in [1.29, 1.82) is 0 Å². The van der Waals surface area contributed by atoms with Gasteiger partial charge in [-0.2, -0.15) is 0 Å². The molecule has 9 heteroatoms. The number of nitrogens with zero attached hydrogens (tertiary/aromatic N) is 1. The summed E-state index contributed by atoms with van der Waals surface area (Å²) in [5.74, 6) is 1.17. The number of nitrogens with one attached hydrogen (secondary N) is 1. The zero-order valence-corrected chi connectivity index (χ0v) is 21.7. The number of thioether (sulfide) groups is 1. The van der Waals surface area contributed by atoms with Crippen molar-refractivity contribution in [3.63, 3.8) is 0 Å². The van der Waals surface area contributed by atoms with Gasteiger partial charge in [0.1, 0.15) is 6.54 Å². The molecule has 3 aromatic rings. The minimum atomic E-state index is -4.05. The zero-order chi connectivity index (χ0) is 25.3. The number of benzene rings is 3. The fourth-order valence-electron chi connectivity index (χ4n) is 3.32. The maximum Gasteiger partial charge on any atom is 0.264 e. The smallest absolute Gasteiger partial charge is 0.264 e. The normalized spacial score (nSPS) is 11.1. The summed E-state index contributed by atoms with van der Waals surface area (Å²) < 4.78 is 38.7. The first kappa shape index (κ1) is 26.4. The van der Waals surface area contributed by atoms with Crippen LogP contribution in [0.15, 0.2) is 82.6 Å². The molecule has 35 heavy (non-hydrogen) atoms. The van der Waals surface area contributed by atoms with Crippen molar-refractivity contribution in [2.24, 2.45) is 0 Å². The van der Waals surface area contributed by atoms with E-state index in [1.165, 1.54) is 42.9 Å². The highest BCUT2D eigenvalue weighted by atomic mass is 32.2. The highest BCUT2D eigenvalue weighted by Gasteiger charge is 2.28. The van der Waals surface area contributed by atoms with Crippen molar-refractivity contribution >= 4 is 33.4 Å². The van der Waals surface area contributed by atoms with E-state index in [2.05, 4.69) is 29.6 Å². The van der Waals surface area contributed by atoms with E-state index in [0.717, 1.165) is 16.5 Å². The molecule has 0 aliphatic heterocycles. The van der Waals surface area contributed by atoms with Crippen molar-refractivity contribution in [1.82, 2.24) is 5.32 Å². The SMILES string of the molecule is COc1ccc(S(=O)(=O)N(CC(=O)NCCCSc2ccc(C)cc2)c2ccccc2)cc1OC. The van der Waals surface area contributed by atoms with Gasteiger partial charge < -0.3 is 14.8 Å². The average molecular weight is 515 g/mol. The number of sulfonamides is 1. The lowest BCUT2D eigenvalue weighted by atomic mass is 10.2. The summed E-state index contributed by atoms with van der Waals surface area (Å²) in [6.07, 6.45) is 0.762. The first-order valence-corrected chi connectivity index (χ1v) is 13.5. The van der Waals surface area contributed by atoms with Crippen molar-refractivity contribution in [3.05, 3.63) is 78.4 Å². The van der Waals surface area contributed by atoms with Crippen LogP contribution in [-0.2, 0) is 14.8 Å². The number of ether oxygens (including phenoxy) is 2. The molecule has 0 aromatic heterocycles. The highest BCUT2D eigenvalue weighted by Crippen LogP contribution is 2.32. The van der Waals surface area contributed by atoms with Gasteiger partial charge in [0.05, 0.1) is 24.8 Å². The molecule has 0 atom stereocenters. The molecule has 3 aromatic carbocycles. The predicted molar refractivity (Wildman–Crippen MR) is 140 cm³/mol. The van der Waals surface area contributed by atoms with E-state index < -0.39 is 10.0 Å². The van der Waals surface area contributed by atoms with Crippen LogP contribution in [0.2, 0.25) is 0 Å². The number of hydrogen-bond acceptors (Lipinski definition) is 6. The Morgan fingerprint density at radius 1 is 0.943 bits per heavy atom. The van der Waals surface area contributed by atoms with Gasteiger partial charge in [-0.3, -0.25) is 9.10 Å². The predicted octanol–water partition coefficient (Wildman–Crippen LogP) is 4.51. The van der Waals surface area contributed by atoms with Crippen molar-refractivity contribution < 1.29 is 22.7 Å². The number of carbonyl (C=O) groups excluding carboxylic acids is 1. The van der Waals surface area contributed by atoms with E-state index in [1.54, 1.807) is 42.1 Å². The van der Waals surface area contributed by atoms with Gasteiger partial charge in [0, 0.05) is 17.5 Å². The number of amides is 1. The molecule has 0 bridgehead atoms. The van der Waals surface area contributed by atoms with Crippen LogP contribution >= 0.6 is 11.8 Å². The topological polar surface area (TPSA) is 84.9 Å². The van der Waals surface area contributed by atoms with Gasteiger partial charge in [0.25, 0.3) is 10.0 Å². The molecule has 0 aliphatic rings. The minimum Gasteiger partial charge on any atom is -0.493 e. The second kappa shape index (κ2) is 12.5. The molecule has 0 heterocycles. The summed E-state index contributed by atoms with van der Waals surface area (Å²) in [5, 5.41) is 2.84. The molecule has 0 spiro atoms. The maximum absolute atomic E-state index is 13.5. The van der Waals surface area contributed by atoms with Crippen LogP contribution in [-0.4, -0.2) is 47.4 Å². The van der Waals surface area contributed by atoms with Gasteiger partial charge >= 0.3 is 0 Å². The lowest BCUT2D eigenvalue weighted by Gasteiger charge is -2.24. The minimum absolute atomic E-state index is 0.00120. The molecular formula is C26H30N2O5S2. The van der Waals surface area contributed by atoms with Gasteiger partial charge in [-0.15, -0.1) is 11.8 Å². The summed E-state index contributed by atoms with van der Waals surface area (Å²) >= 11 is 1.72. The third kappa shape index (κ3) is 7.16. The van der Waals surface area contributed by atoms with Gasteiger partial charge in [-0.1, -0.05) is 35.9 Å². The number of anilines is 1. The lowest BCUT2D eigenvalue weighted by Crippen LogP contribution is -2.41. The number of methoxy groups -OCH3 is 2. The molecule has 186 valence electrons. The molecule has 7 nitrogen and oxygen atoms in total. The standard InChI is InChI=1S/C26H30N2O5S2/c1-20-10-12-22(13-11-20)34-17-7-16-27-26(29)19-28(21-8-5-4-6-9-21)35(30,31)23-14-15-24(32-2)25(18-23)33-3/h4-6,8-15,18H,7,16-17,19H2,1-3H3,(H,27,29). The third-order valence-electron chi connectivity index (χ3n) is 5.21. The second-order valence-electron chi connectivity index (χ2n) is 7.73. The molecule has 0 unspecified atom stereocenters. The lowest BCUT2D eigenvalue weighted by molar-refractivity contribution is -0.119. The third-order valence-corrected chi connectivity index (χ3v) is 8.08. The molecule has 0 radical (unpaired) electrons. The summed E-state index contributed by atoms with van der Waals surface area (Å²) in [6, 6.07) is 21.2. The van der Waals surface area contributed by atoms with E-state index >= 15 is 0 Å². The Labute approximate surface area is 211 Å². The fraction of sp³-hybridized carbons (Fsp3) is 0.269. The summed E-state index contributed by atoms with van der Waals surface area (Å²) in [6.45, 7) is 2.16. The summed E-state index contributed by atoms with van der Waals surface area (Å²) in [5.41, 5.74) is 1.61. The van der Waals surface area contributed by atoms with Crippen LogP contribution in [0.25, 0.3) is 0 Å². The molecule has 0 aliphatic carbocycles. The van der Waals surface area contributed by atoms with Crippen LogP contribution in [0.5, 0.6) is 11.5 Å². The second-order valence-corrected chi connectivity index (χ2v) is 10.8. The van der Waals surface area contributed by atoms with Crippen molar-refractivity contribution in [2.75, 3.05) is 37.4 Å². The first-order chi connectivity index (χ1) is 16.8. The van der Waals surface area contributed by atoms with Crippen LogP contribution < -0.4 is 19.1 Å². The Morgan fingerprint density at radius 3 is 2.29 bits per heavy atom. The van der Waals surface area contributed by atoms with E-state index in [-0.39, 0.29) is 23.1 Å². The Kier molecular flexibility index (Phi) is 9.45. The molecule has 0 fully saturated rings. The molecule has 1 N–H and O–H groups in total. The van der Waals surface area contributed by atoms with Crippen LogP contribution in [0.1, 0.15) is 12.0 Å². The van der Waals surface area contributed by atoms with Gasteiger partial charge in [0.15, 0.2) is 11.5 Å². The molecule has 1 amide bonds. The van der Waals surface area contributed by atoms with E-state index in [9.17, 15) is 13.2 Å². The average Bonchev–Trinajstić information content (AvgIpc) is 2.88. The van der Waals surface area contributed by atoms with E-state index in [4.69, 9.17) is 9.47 Å². The number of rotatable bonds is 12. The number of carbonyl (C=O) groups is 1. The molecule has 0 saturated heterocycles. The van der Waals surface area contributed by atoms with Crippen LogP contribution in [0, 0.1) is 6.92 Å². The number of hydrogen-bond donors (Lipinski definition) is 1. The molecule has 3 rings (SSSR count). The maximum atomic E-state index is 13.5. The monoisotopic (exact) mass is 514 g/mol. The highest BCUT2D eigenvalue weighted by molar-refractivity contribution is 7.99. The largest absolute Gasteiger partial charge is 0.493 e. The van der Waals surface area contributed by atoms with Gasteiger partial charge in [-0.05, 0) is 55.5 Å². The summed E-state index contributed by atoms with van der Waals surface area (Å²) in [4.78, 5) is 13.9. The first-order valence-electron chi connectivity index (χ1n) is 11.1.